The van der Waals surface area contributed by atoms with Crippen molar-refractivity contribution in [3.05, 3.63) is 40.1 Å². The lowest BCUT2D eigenvalue weighted by atomic mass is 10.1. The molecule has 7 nitrogen and oxygen atoms in total. The number of rotatable bonds is 9. The number of carbonyl (C=O) groups excluding carboxylic acids is 2. The lowest BCUT2D eigenvalue weighted by Gasteiger charge is -2.21. The van der Waals surface area contributed by atoms with Crippen molar-refractivity contribution in [3.8, 4) is 17.2 Å². The van der Waals surface area contributed by atoms with Gasteiger partial charge in [-0.1, -0.05) is 0 Å². The van der Waals surface area contributed by atoms with Crippen LogP contribution in [0.25, 0.3) is 0 Å². The minimum absolute atomic E-state index is 0.0857. The Hall–Kier alpha value is -2.74. The van der Waals surface area contributed by atoms with Crippen LogP contribution < -0.4 is 19.5 Å². The number of thiophene rings is 1. The molecule has 1 aromatic heterocycles. The van der Waals surface area contributed by atoms with Gasteiger partial charge in [0.2, 0.25) is 11.7 Å². The number of nitrogens with one attached hydrogen (secondary N) is 1. The average Bonchev–Trinajstić information content (AvgIpc) is 3.22. The van der Waals surface area contributed by atoms with E-state index in [0.29, 0.717) is 29.4 Å². The normalized spacial score (nSPS) is 10.2. The number of carbonyl (C=O) groups is 2. The fourth-order valence-corrected chi connectivity index (χ4v) is 3.24. The fraction of sp³-hybridized carbons (Fsp3) is 0.368. The van der Waals surface area contributed by atoms with E-state index in [-0.39, 0.29) is 24.8 Å². The zero-order valence-corrected chi connectivity index (χ0v) is 16.7. The number of benzene rings is 1. The highest BCUT2D eigenvalue weighted by Crippen LogP contribution is 2.40. The van der Waals surface area contributed by atoms with Crippen molar-refractivity contribution in [1.82, 2.24) is 10.2 Å². The summed E-state index contributed by atoms with van der Waals surface area (Å²) in [5, 5.41) is 6.36. The predicted molar refractivity (Wildman–Crippen MR) is 104 cm³/mol. The number of methoxy groups -OCH3 is 3. The van der Waals surface area contributed by atoms with Gasteiger partial charge >= 0.3 is 0 Å². The van der Waals surface area contributed by atoms with Crippen LogP contribution in [0.1, 0.15) is 22.3 Å². The van der Waals surface area contributed by atoms with Gasteiger partial charge in [0.25, 0.3) is 5.91 Å². The van der Waals surface area contributed by atoms with E-state index >= 15 is 0 Å². The van der Waals surface area contributed by atoms with Crippen molar-refractivity contribution in [3.63, 3.8) is 0 Å². The van der Waals surface area contributed by atoms with Crippen LogP contribution in [0.5, 0.6) is 17.2 Å². The molecule has 8 heteroatoms. The van der Waals surface area contributed by atoms with E-state index in [0.717, 1.165) is 5.56 Å². The van der Waals surface area contributed by atoms with E-state index in [1.807, 2.05) is 11.4 Å². The fourth-order valence-electron chi connectivity index (χ4n) is 2.60. The molecule has 1 aromatic carbocycles. The first-order chi connectivity index (χ1) is 13.0. The summed E-state index contributed by atoms with van der Waals surface area (Å²) in [6.07, 6.45) is 0.210. The van der Waals surface area contributed by atoms with E-state index in [1.165, 1.54) is 18.4 Å². The molecule has 0 spiro atoms. The van der Waals surface area contributed by atoms with Gasteiger partial charge in [0.1, 0.15) is 0 Å². The van der Waals surface area contributed by atoms with Crippen molar-refractivity contribution in [2.24, 2.45) is 0 Å². The third-order valence-electron chi connectivity index (χ3n) is 4.03. The van der Waals surface area contributed by atoms with Gasteiger partial charge < -0.3 is 24.4 Å². The predicted octanol–water partition coefficient (Wildman–Crippen LogP) is 2.55. The van der Waals surface area contributed by atoms with Gasteiger partial charge in [-0.25, -0.2) is 0 Å². The Morgan fingerprint density at radius 3 is 2.41 bits per heavy atom. The van der Waals surface area contributed by atoms with Crippen LogP contribution in [0.15, 0.2) is 29.0 Å². The Bertz CT molecular complexity index is 777. The van der Waals surface area contributed by atoms with E-state index in [2.05, 4.69) is 5.32 Å². The van der Waals surface area contributed by atoms with Crippen LogP contribution in [0, 0.1) is 0 Å². The van der Waals surface area contributed by atoms with Crippen LogP contribution >= 0.6 is 11.3 Å². The Balaban J connectivity index is 1.95. The molecule has 1 heterocycles. The molecule has 0 saturated heterocycles. The van der Waals surface area contributed by atoms with Gasteiger partial charge in [-0.15, -0.1) is 0 Å². The number of ether oxygens (including phenoxy) is 3. The summed E-state index contributed by atoms with van der Waals surface area (Å²) in [6, 6.07) is 5.36. The molecule has 27 heavy (non-hydrogen) atoms. The topological polar surface area (TPSA) is 77.1 Å². The maximum absolute atomic E-state index is 12.4. The molecular formula is C19H24N2O5S. The van der Waals surface area contributed by atoms with Gasteiger partial charge in [-0.3, -0.25) is 9.59 Å². The molecular weight excluding hydrogens is 368 g/mol. The van der Waals surface area contributed by atoms with Crippen molar-refractivity contribution in [1.29, 1.82) is 0 Å². The monoisotopic (exact) mass is 392 g/mol. The summed E-state index contributed by atoms with van der Waals surface area (Å²) in [6.45, 7) is 0.627. The molecule has 2 rings (SSSR count). The smallest absolute Gasteiger partial charge is 0.252 e. The quantitative estimate of drug-likeness (QED) is 0.710. The average molecular weight is 392 g/mol. The summed E-state index contributed by atoms with van der Waals surface area (Å²) < 4.78 is 16.1. The Morgan fingerprint density at radius 1 is 1.07 bits per heavy atom. The van der Waals surface area contributed by atoms with Gasteiger partial charge in [-0.05, 0) is 23.6 Å². The van der Waals surface area contributed by atoms with Crippen molar-refractivity contribution in [2.45, 2.75) is 13.0 Å². The molecule has 2 amide bonds. The molecule has 0 aliphatic carbocycles. The first-order valence-corrected chi connectivity index (χ1v) is 9.28. The van der Waals surface area contributed by atoms with Crippen molar-refractivity contribution >= 4 is 23.2 Å². The summed E-state index contributed by atoms with van der Waals surface area (Å²) in [4.78, 5) is 25.8. The lowest BCUT2D eigenvalue weighted by Crippen LogP contribution is -2.31. The molecule has 2 aromatic rings. The van der Waals surface area contributed by atoms with E-state index in [4.69, 9.17) is 14.2 Å². The van der Waals surface area contributed by atoms with Crippen LogP contribution in [0.2, 0.25) is 0 Å². The second-order valence-corrected chi connectivity index (χ2v) is 6.54. The minimum Gasteiger partial charge on any atom is -0.493 e. The minimum atomic E-state index is -0.173. The van der Waals surface area contributed by atoms with Crippen LogP contribution in [0.4, 0.5) is 0 Å². The molecule has 1 N–H and O–H groups in total. The van der Waals surface area contributed by atoms with Crippen LogP contribution in [0.3, 0.4) is 0 Å². The van der Waals surface area contributed by atoms with Crippen LogP contribution in [-0.4, -0.2) is 51.6 Å². The highest BCUT2D eigenvalue weighted by atomic mass is 32.1. The number of amides is 2. The van der Waals surface area contributed by atoms with Gasteiger partial charge in [-0.2, -0.15) is 11.3 Å². The highest BCUT2D eigenvalue weighted by molar-refractivity contribution is 7.08. The second-order valence-electron chi connectivity index (χ2n) is 5.76. The third kappa shape index (κ3) is 5.13. The van der Waals surface area contributed by atoms with Crippen molar-refractivity contribution in [2.75, 3.05) is 34.9 Å². The molecule has 0 fully saturated rings. The molecule has 0 aliphatic heterocycles. The zero-order valence-electron chi connectivity index (χ0n) is 15.9. The zero-order chi connectivity index (χ0) is 19.8. The van der Waals surface area contributed by atoms with E-state index in [9.17, 15) is 9.59 Å². The Labute approximate surface area is 162 Å². The van der Waals surface area contributed by atoms with Crippen molar-refractivity contribution < 1.29 is 23.8 Å². The summed E-state index contributed by atoms with van der Waals surface area (Å²) in [7, 11) is 6.34. The summed E-state index contributed by atoms with van der Waals surface area (Å²) in [5.74, 6) is 1.32. The van der Waals surface area contributed by atoms with Crippen LogP contribution in [-0.2, 0) is 11.3 Å². The largest absolute Gasteiger partial charge is 0.493 e. The van der Waals surface area contributed by atoms with Gasteiger partial charge in [0, 0.05) is 43.1 Å². The summed E-state index contributed by atoms with van der Waals surface area (Å²) in [5.41, 5.74) is 1.41. The molecule has 0 saturated carbocycles. The van der Waals surface area contributed by atoms with Gasteiger partial charge in [0.05, 0.1) is 21.3 Å². The Morgan fingerprint density at radius 2 is 1.81 bits per heavy atom. The molecule has 0 bridgehead atoms. The second kappa shape index (κ2) is 9.82. The third-order valence-corrected chi connectivity index (χ3v) is 4.71. The Kier molecular flexibility index (Phi) is 7.48. The standard InChI is InChI=1S/C19H24N2O5S/c1-21(16(22)7-9-20-19(23)14-8-10-27-12-14)11-13-5-6-15(24-2)18(26-4)17(13)25-3/h5-6,8,10,12H,7,9,11H2,1-4H3,(H,20,23). The maximum atomic E-state index is 12.4. The summed E-state index contributed by atoms with van der Waals surface area (Å²) >= 11 is 1.46. The molecule has 0 radical (unpaired) electrons. The first kappa shape index (κ1) is 20.6. The number of hydrogen-bond donors (Lipinski definition) is 1. The van der Waals surface area contributed by atoms with Gasteiger partial charge in [0.15, 0.2) is 11.5 Å². The molecule has 146 valence electrons. The van der Waals surface area contributed by atoms with E-state index < -0.39 is 0 Å². The molecule has 0 atom stereocenters. The molecule has 0 unspecified atom stereocenters. The molecule has 0 aliphatic rings. The number of hydrogen-bond acceptors (Lipinski definition) is 6. The maximum Gasteiger partial charge on any atom is 0.252 e. The highest BCUT2D eigenvalue weighted by Gasteiger charge is 2.18. The SMILES string of the molecule is COc1ccc(CN(C)C(=O)CCNC(=O)c2ccsc2)c(OC)c1OC. The lowest BCUT2D eigenvalue weighted by molar-refractivity contribution is -0.130. The first-order valence-electron chi connectivity index (χ1n) is 8.34. The van der Waals surface area contributed by atoms with E-state index in [1.54, 1.807) is 43.7 Å². The number of nitrogens with zero attached hydrogens (tertiary/aromatic N) is 1.